The number of hydrogen-bond donors (Lipinski definition) is 3. The Morgan fingerprint density at radius 2 is 1.52 bits per heavy atom. The molecule has 0 atom stereocenters. The zero-order chi connectivity index (χ0) is 20.6. The van der Waals surface area contributed by atoms with Crippen LogP contribution in [0.3, 0.4) is 0 Å². The lowest BCUT2D eigenvalue weighted by Crippen LogP contribution is -3.28. The third-order valence-corrected chi connectivity index (χ3v) is 5.82. The molecule has 1 saturated heterocycles. The monoisotopic (exact) mass is 397 g/mol. The first-order valence-electron chi connectivity index (χ1n) is 10.7. The number of ether oxygens (including phenoxy) is 1. The molecule has 0 spiro atoms. The van der Waals surface area contributed by atoms with Gasteiger partial charge >= 0.3 is 0 Å². The maximum absolute atomic E-state index is 12.3. The normalized spacial score (nSPS) is 19.2. The van der Waals surface area contributed by atoms with Crippen LogP contribution in [0.1, 0.15) is 36.5 Å². The molecule has 0 saturated carbocycles. The van der Waals surface area contributed by atoms with Gasteiger partial charge in [0.1, 0.15) is 38.5 Å². The lowest BCUT2D eigenvalue weighted by Gasteiger charge is -2.29. The van der Waals surface area contributed by atoms with Crippen molar-refractivity contribution >= 4 is 5.91 Å². The lowest BCUT2D eigenvalue weighted by atomic mass is 10.0. The van der Waals surface area contributed by atoms with Gasteiger partial charge in [0, 0.05) is 12.1 Å². The van der Waals surface area contributed by atoms with Gasteiger partial charge < -0.3 is 19.9 Å². The van der Waals surface area contributed by atoms with Crippen LogP contribution in [0, 0.1) is 0 Å². The fraction of sp³-hybridized carbons (Fsp3) is 0.458. The Balaban J connectivity index is 1.37. The van der Waals surface area contributed by atoms with E-state index in [-0.39, 0.29) is 5.91 Å². The van der Waals surface area contributed by atoms with E-state index in [0.29, 0.717) is 19.0 Å². The third kappa shape index (κ3) is 6.58. The second kappa shape index (κ2) is 10.4. The van der Waals surface area contributed by atoms with Crippen LogP contribution in [0.5, 0.6) is 5.75 Å². The number of methoxy groups -OCH3 is 1. The third-order valence-electron chi connectivity index (χ3n) is 5.82. The van der Waals surface area contributed by atoms with Crippen LogP contribution >= 0.6 is 0 Å². The summed E-state index contributed by atoms with van der Waals surface area (Å²) in [5, 5.41) is 3.04. The summed E-state index contributed by atoms with van der Waals surface area (Å²) in [5.74, 6) is 1.55. The van der Waals surface area contributed by atoms with Crippen LogP contribution < -0.4 is 19.9 Å². The van der Waals surface area contributed by atoms with Gasteiger partial charge in [0.2, 0.25) is 0 Å². The molecule has 2 aromatic carbocycles. The van der Waals surface area contributed by atoms with Gasteiger partial charge in [0.05, 0.1) is 7.11 Å². The Morgan fingerprint density at radius 1 is 0.931 bits per heavy atom. The molecule has 2 aromatic rings. The number of rotatable bonds is 8. The fourth-order valence-electron chi connectivity index (χ4n) is 3.85. The van der Waals surface area contributed by atoms with Crippen LogP contribution in [-0.2, 0) is 17.9 Å². The quantitative estimate of drug-likeness (QED) is 0.605. The highest BCUT2D eigenvalue weighted by Crippen LogP contribution is 2.14. The predicted molar refractivity (Wildman–Crippen MR) is 115 cm³/mol. The van der Waals surface area contributed by atoms with Gasteiger partial charge in [-0.1, -0.05) is 50.2 Å². The lowest BCUT2D eigenvalue weighted by molar-refractivity contribution is -1.02. The van der Waals surface area contributed by atoms with Gasteiger partial charge in [0.25, 0.3) is 5.91 Å². The highest BCUT2D eigenvalue weighted by atomic mass is 16.5. The molecule has 29 heavy (non-hydrogen) atoms. The molecule has 0 aliphatic carbocycles. The van der Waals surface area contributed by atoms with Crippen LogP contribution in [0.2, 0.25) is 0 Å². The van der Waals surface area contributed by atoms with Crippen molar-refractivity contribution < 1.29 is 19.3 Å². The van der Waals surface area contributed by atoms with E-state index in [1.807, 2.05) is 24.3 Å². The summed E-state index contributed by atoms with van der Waals surface area (Å²) in [5.41, 5.74) is 3.90. The standard InChI is InChI=1S/C24H33N3O2/c1-19(2)22-8-4-21(5-9-22)17-26-12-14-27(15-13-26)18-24(28)25-16-20-6-10-23(29-3)11-7-20/h4-11,19H,12-18H2,1-3H3,(H,25,28)/p+2. The SMILES string of the molecule is COc1ccc(CNC(=O)C[NH+]2CC[NH+](Cc3ccc(C(C)C)cc3)CC2)cc1. The van der Waals surface area contributed by atoms with E-state index >= 15 is 0 Å². The Hall–Kier alpha value is -2.37. The van der Waals surface area contributed by atoms with Gasteiger partial charge in [-0.05, 0) is 29.2 Å². The molecule has 0 radical (unpaired) electrons. The molecule has 5 heteroatoms. The van der Waals surface area contributed by atoms with E-state index in [4.69, 9.17) is 4.74 Å². The summed E-state index contributed by atoms with van der Waals surface area (Å²) >= 11 is 0. The molecule has 1 amide bonds. The highest BCUT2D eigenvalue weighted by Gasteiger charge is 2.24. The molecule has 156 valence electrons. The van der Waals surface area contributed by atoms with E-state index in [0.717, 1.165) is 44.0 Å². The van der Waals surface area contributed by atoms with Gasteiger partial charge in [-0.3, -0.25) is 4.79 Å². The minimum Gasteiger partial charge on any atom is -0.497 e. The zero-order valence-electron chi connectivity index (χ0n) is 18.0. The minimum absolute atomic E-state index is 0.128. The average molecular weight is 398 g/mol. The molecule has 3 N–H and O–H groups in total. The Kier molecular flexibility index (Phi) is 7.67. The van der Waals surface area contributed by atoms with Crippen molar-refractivity contribution in [3.05, 3.63) is 65.2 Å². The van der Waals surface area contributed by atoms with E-state index in [9.17, 15) is 4.79 Å². The van der Waals surface area contributed by atoms with Gasteiger partial charge in [0.15, 0.2) is 6.54 Å². The smallest absolute Gasteiger partial charge is 0.275 e. The van der Waals surface area contributed by atoms with E-state index in [1.165, 1.54) is 16.0 Å². The molecular formula is C24H35N3O2+2. The summed E-state index contributed by atoms with van der Waals surface area (Å²) in [4.78, 5) is 15.3. The second-order valence-electron chi connectivity index (χ2n) is 8.37. The summed E-state index contributed by atoms with van der Waals surface area (Å²) in [6, 6.07) is 16.9. The van der Waals surface area contributed by atoms with E-state index in [1.54, 1.807) is 12.0 Å². The Morgan fingerprint density at radius 3 is 2.10 bits per heavy atom. The first-order chi connectivity index (χ1) is 14.0. The number of amides is 1. The van der Waals surface area contributed by atoms with Gasteiger partial charge in [-0.25, -0.2) is 0 Å². The van der Waals surface area contributed by atoms with Crippen molar-refractivity contribution in [2.24, 2.45) is 0 Å². The van der Waals surface area contributed by atoms with Gasteiger partial charge in [-0.2, -0.15) is 0 Å². The number of piperazine rings is 1. The van der Waals surface area contributed by atoms with Crippen LogP contribution in [-0.4, -0.2) is 45.7 Å². The summed E-state index contributed by atoms with van der Waals surface area (Å²) in [7, 11) is 1.66. The Bertz CT molecular complexity index is 764. The van der Waals surface area contributed by atoms with Crippen molar-refractivity contribution in [3.8, 4) is 5.75 Å². The maximum atomic E-state index is 12.3. The van der Waals surface area contributed by atoms with Crippen molar-refractivity contribution in [3.63, 3.8) is 0 Å². The first kappa shape index (κ1) is 21.3. The summed E-state index contributed by atoms with van der Waals surface area (Å²) < 4.78 is 5.16. The molecule has 1 aliphatic rings. The van der Waals surface area contributed by atoms with E-state index < -0.39 is 0 Å². The van der Waals surface area contributed by atoms with Crippen LogP contribution in [0.4, 0.5) is 0 Å². The minimum atomic E-state index is 0.128. The Labute approximate surface area is 174 Å². The molecule has 0 unspecified atom stereocenters. The topological polar surface area (TPSA) is 47.2 Å². The predicted octanol–water partition coefficient (Wildman–Crippen LogP) is 0.418. The first-order valence-corrected chi connectivity index (χ1v) is 10.7. The number of carbonyl (C=O) groups excluding carboxylic acids is 1. The molecule has 1 fully saturated rings. The second-order valence-corrected chi connectivity index (χ2v) is 8.37. The largest absolute Gasteiger partial charge is 0.497 e. The molecule has 1 aliphatic heterocycles. The van der Waals surface area contributed by atoms with Crippen molar-refractivity contribution in [2.45, 2.75) is 32.9 Å². The number of carbonyl (C=O) groups is 1. The van der Waals surface area contributed by atoms with Crippen LogP contribution in [0.25, 0.3) is 0 Å². The highest BCUT2D eigenvalue weighted by molar-refractivity contribution is 5.76. The molecule has 0 aromatic heterocycles. The zero-order valence-corrected chi connectivity index (χ0v) is 18.0. The maximum Gasteiger partial charge on any atom is 0.275 e. The number of hydrogen-bond acceptors (Lipinski definition) is 2. The average Bonchev–Trinajstić information content (AvgIpc) is 2.74. The molecule has 0 bridgehead atoms. The number of benzene rings is 2. The molecule has 1 heterocycles. The number of nitrogens with one attached hydrogen (secondary N) is 3. The van der Waals surface area contributed by atoms with Crippen molar-refractivity contribution in [1.82, 2.24) is 5.32 Å². The summed E-state index contributed by atoms with van der Waals surface area (Å²) in [6.07, 6.45) is 0. The van der Waals surface area contributed by atoms with Crippen molar-refractivity contribution in [2.75, 3.05) is 39.8 Å². The number of quaternary nitrogens is 2. The fourth-order valence-corrected chi connectivity index (χ4v) is 3.85. The summed E-state index contributed by atoms with van der Waals surface area (Å²) in [6.45, 7) is 11.0. The molecule has 3 rings (SSSR count). The van der Waals surface area contributed by atoms with Crippen molar-refractivity contribution in [1.29, 1.82) is 0 Å². The van der Waals surface area contributed by atoms with Gasteiger partial charge in [-0.15, -0.1) is 0 Å². The van der Waals surface area contributed by atoms with E-state index in [2.05, 4.69) is 43.4 Å². The molecular weight excluding hydrogens is 362 g/mol. The van der Waals surface area contributed by atoms with Crippen LogP contribution in [0.15, 0.2) is 48.5 Å². The molecule has 5 nitrogen and oxygen atoms in total.